The van der Waals surface area contributed by atoms with Gasteiger partial charge < -0.3 is 11.1 Å². The third-order valence-electron chi connectivity index (χ3n) is 2.51. The number of benzene rings is 1. The molecular weight excluding hydrogens is 254 g/mol. The predicted octanol–water partition coefficient (Wildman–Crippen LogP) is 0.0553. The Kier molecular flexibility index (Phi) is 4.47. The summed E-state index contributed by atoms with van der Waals surface area (Å²) >= 11 is 0. The fourth-order valence-electron chi connectivity index (χ4n) is 1.62. The van der Waals surface area contributed by atoms with E-state index in [0.29, 0.717) is 24.5 Å². The Morgan fingerprint density at radius 3 is 3.05 bits per heavy atom. The SMILES string of the molecule is Cn1cnc(CNC(=O)c2cccc(C#CCN)c2)n1. The minimum atomic E-state index is -0.186. The summed E-state index contributed by atoms with van der Waals surface area (Å²) < 4.78 is 1.59. The molecule has 0 spiro atoms. The number of aromatic nitrogens is 3. The third kappa shape index (κ3) is 3.67. The summed E-state index contributed by atoms with van der Waals surface area (Å²) in [7, 11) is 1.78. The first-order valence-electron chi connectivity index (χ1n) is 6.11. The van der Waals surface area contributed by atoms with Crippen LogP contribution in [0.3, 0.4) is 0 Å². The lowest BCUT2D eigenvalue weighted by Crippen LogP contribution is -2.23. The molecule has 6 heteroatoms. The second-order valence-electron chi connectivity index (χ2n) is 4.10. The van der Waals surface area contributed by atoms with Crippen LogP contribution in [0.15, 0.2) is 30.6 Å². The molecule has 2 aromatic rings. The Bertz CT molecular complexity index is 665. The van der Waals surface area contributed by atoms with Gasteiger partial charge in [0.25, 0.3) is 5.91 Å². The van der Waals surface area contributed by atoms with Gasteiger partial charge in [-0.05, 0) is 18.2 Å². The van der Waals surface area contributed by atoms with Gasteiger partial charge >= 0.3 is 0 Å². The van der Waals surface area contributed by atoms with Crippen molar-refractivity contribution in [2.45, 2.75) is 6.54 Å². The Morgan fingerprint density at radius 1 is 1.50 bits per heavy atom. The van der Waals surface area contributed by atoms with E-state index in [9.17, 15) is 4.79 Å². The van der Waals surface area contributed by atoms with Crippen molar-refractivity contribution >= 4 is 5.91 Å². The molecule has 6 nitrogen and oxygen atoms in total. The highest BCUT2D eigenvalue weighted by Gasteiger charge is 2.07. The van der Waals surface area contributed by atoms with E-state index >= 15 is 0 Å². The minimum Gasteiger partial charge on any atom is -0.345 e. The van der Waals surface area contributed by atoms with Crippen LogP contribution in [0.5, 0.6) is 0 Å². The van der Waals surface area contributed by atoms with Gasteiger partial charge in [0.1, 0.15) is 6.33 Å². The van der Waals surface area contributed by atoms with Crippen molar-refractivity contribution in [1.82, 2.24) is 20.1 Å². The number of nitrogens with one attached hydrogen (secondary N) is 1. The van der Waals surface area contributed by atoms with Crippen molar-refractivity contribution in [2.24, 2.45) is 12.8 Å². The summed E-state index contributed by atoms with van der Waals surface area (Å²) in [6, 6.07) is 7.08. The first-order valence-corrected chi connectivity index (χ1v) is 6.11. The summed E-state index contributed by atoms with van der Waals surface area (Å²) in [6.07, 6.45) is 1.59. The topological polar surface area (TPSA) is 85.8 Å². The number of rotatable bonds is 3. The van der Waals surface area contributed by atoms with Crippen molar-refractivity contribution in [2.75, 3.05) is 6.54 Å². The van der Waals surface area contributed by atoms with Crippen LogP contribution >= 0.6 is 0 Å². The molecular formula is C14H15N5O. The number of hydrogen-bond acceptors (Lipinski definition) is 4. The molecule has 1 aromatic carbocycles. The van der Waals surface area contributed by atoms with E-state index in [-0.39, 0.29) is 5.91 Å². The van der Waals surface area contributed by atoms with Gasteiger partial charge in [-0.2, -0.15) is 5.10 Å². The second-order valence-corrected chi connectivity index (χ2v) is 4.10. The lowest BCUT2D eigenvalue weighted by Gasteiger charge is -2.03. The highest BCUT2D eigenvalue weighted by atomic mass is 16.1. The largest absolute Gasteiger partial charge is 0.345 e. The second kappa shape index (κ2) is 6.50. The van der Waals surface area contributed by atoms with Gasteiger partial charge in [-0.1, -0.05) is 17.9 Å². The van der Waals surface area contributed by atoms with Gasteiger partial charge in [0.2, 0.25) is 0 Å². The third-order valence-corrected chi connectivity index (χ3v) is 2.51. The number of nitrogens with two attached hydrogens (primary N) is 1. The molecule has 0 bridgehead atoms. The van der Waals surface area contributed by atoms with E-state index in [1.54, 1.807) is 36.3 Å². The first kappa shape index (κ1) is 13.8. The fraction of sp³-hybridized carbons (Fsp3) is 0.214. The Balaban J connectivity index is 2.01. The molecule has 0 unspecified atom stereocenters. The maximum Gasteiger partial charge on any atom is 0.251 e. The Hall–Kier alpha value is -2.65. The standard InChI is InChI=1S/C14H15N5O/c1-19-10-17-13(18-19)9-16-14(20)12-6-2-4-11(8-12)5-3-7-15/h2,4,6,8,10H,7,9,15H2,1H3,(H,16,20). The van der Waals surface area contributed by atoms with Crippen molar-refractivity contribution in [1.29, 1.82) is 0 Å². The maximum absolute atomic E-state index is 12.0. The van der Waals surface area contributed by atoms with E-state index in [2.05, 4.69) is 27.2 Å². The Morgan fingerprint density at radius 2 is 2.35 bits per heavy atom. The zero-order chi connectivity index (χ0) is 14.4. The van der Waals surface area contributed by atoms with Crippen LogP contribution < -0.4 is 11.1 Å². The number of carbonyl (C=O) groups excluding carboxylic acids is 1. The summed E-state index contributed by atoms with van der Waals surface area (Å²) in [4.78, 5) is 16.0. The predicted molar refractivity (Wildman–Crippen MR) is 74.5 cm³/mol. The molecule has 2 rings (SSSR count). The Labute approximate surface area is 117 Å². The van der Waals surface area contributed by atoms with Gasteiger partial charge in [0.05, 0.1) is 13.1 Å². The smallest absolute Gasteiger partial charge is 0.251 e. The summed E-state index contributed by atoms with van der Waals surface area (Å²) in [5.41, 5.74) is 6.63. The van der Waals surface area contributed by atoms with E-state index in [4.69, 9.17) is 5.73 Å². The average Bonchev–Trinajstić information content (AvgIpc) is 2.88. The van der Waals surface area contributed by atoms with Crippen LogP contribution in [0.1, 0.15) is 21.7 Å². The molecule has 3 N–H and O–H groups in total. The molecule has 0 aliphatic heterocycles. The minimum absolute atomic E-state index is 0.186. The van der Waals surface area contributed by atoms with Gasteiger partial charge in [0, 0.05) is 18.2 Å². The van der Waals surface area contributed by atoms with E-state index in [0.717, 1.165) is 5.56 Å². The van der Waals surface area contributed by atoms with Crippen molar-refractivity contribution < 1.29 is 4.79 Å². The number of nitrogens with zero attached hydrogens (tertiary/aromatic N) is 3. The quantitative estimate of drug-likeness (QED) is 0.771. The molecule has 0 aliphatic carbocycles. The van der Waals surface area contributed by atoms with Crippen molar-refractivity contribution in [3.63, 3.8) is 0 Å². The zero-order valence-corrected chi connectivity index (χ0v) is 11.1. The number of hydrogen-bond donors (Lipinski definition) is 2. The summed E-state index contributed by atoms with van der Waals surface area (Å²) in [6.45, 7) is 0.583. The van der Waals surface area contributed by atoms with E-state index in [1.165, 1.54) is 0 Å². The molecule has 0 fully saturated rings. The van der Waals surface area contributed by atoms with Crippen LogP contribution in [0, 0.1) is 11.8 Å². The highest BCUT2D eigenvalue weighted by molar-refractivity contribution is 5.94. The number of aryl methyl sites for hydroxylation is 1. The van der Waals surface area contributed by atoms with Crippen LogP contribution in [0.2, 0.25) is 0 Å². The molecule has 1 aromatic heterocycles. The molecule has 0 saturated heterocycles. The van der Waals surface area contributed by atoms with Gasteiger partial charge in [0.15, 0.2) is 5.82 Å². The first-order chi connectivity index (χ1) is 9.69. The molecule has 0 aliphatic rings. The van der Waals surface area contributed by atoms with E-state index < -0.39 is 0 Å². The molecule has 0 radical (unpaired) electrons. The molecule has 1 heterocycles. The van der Waals surface area contributed by atoms with Crippen LogP contribution in [0.4, 0.5) is 0 Å². The average molecular weight is 269 g/mol. The monoisotopic (exact) mass is 269 g/mol. The summed E-state index contributed by atoms with van der Waals surface area (Å²) in [5, 5.41) is 6.85. The zero-order valence-electron chi connectivity index (χ0n) is 11.1. The van der Waals surface area contributed by atoms with Crippen LogP contribution in [-0.2, 0) is 13.6 Å². The number of carbonyl (C=O) groups is 1. The van der Waals surface area contributed by atoms with E-state index in [1.807, 2.05) is 6.07 Å². The van der Waals surface area contributed by atoms with Crippen molar-refractivity contribution in [3.8, 4) is 11.8 Å². The lowest BCUT2D eigenvalue weighted by atomic mass is 10.1. The summed E-state index contributed by atoms with van der Waals surface area (Å²) in [5.74, 6) is 6.03. The number of amides is 1. The molecule has 20 heavy (non-hydrogen) atoms. The molecule has 1 amide bonds. The van der Waals surface area contributed by atoms with Gasteiger partial charge in [-0.3, -0.25) is 9.48 Å². The lowest BCUT2D eigenvalue weighted by molar-refractivity contribution is 0.0950. The molecule has 102 valence electrons. The van der Waals surface area contributed by atoms with Crippen molar-refractivity contribution in [3.05, 3.63) is 47.5 Å². The van der Waals surface area contributed by atoms with Gasteiger partial charge in [-0.15, -0.1) is 0 Å². The highest BCUT2D eigenvalue weighted by Crippen LogP contribution is 2.04. The van der Waals surface area contributed by atoms with Gasteiger partial charge in [-0.25, -0.2) is 4.98 Å². The normalized spacial score (nSPS) is 9.70. The van der Waals surface area contributed by atoms with Crippen LogP contribution in [-0.4, -0.2) is 27.2 Å². The molecule has 0 saturated carbocycles. The molecule has 0 atom stereocenters. The fourth-order valence-corrected chi connectivity index (χ4v) is 1.62. The van der Waals surface area contributed by atoms with Crippen LogP contribution in [0.25, 0.3) is 0 Å². The maximum atomic E-state index is 12.0.